The first-order valence-corrected chi connectivity index (χ1v) is 20.7. The van der Waals surface area contributed by atoms with Gasteiger partial charge in [-0.2, -0.15) is 0 Å². The predicted molar refractivity (Wildman–Crippen MR) is 218 cm³/mol. The highest BCUT2D eigenvalue weighted by molar-refractivity contribution is 14.2. The van der Waals surface area contributed by atoms with Crippen LogP contribution in [0.1, 0.15) is 27.7 Å². The minimum absolute atomic E-state index is 0.0648. The fourth-order valence-electron chi connectivity index (χ4n) is 4.27. The maximum atomic E-state index is 13.1. The van der Waals surface area contributed by atoms with Crippen LogP contribution < -0.4 is 15.4 Å². The Morgan fingerprint density at radius 2 is 1.43 bits per heavy atom. The van der Waals surface area contributed by atoms with E-state index in [1.54, 1.807) is 44.2 Å². The van der Waals surface area contributed by atoms with Crippen molar-refractivity contribution in [1.82, 2.24) is 5.32 Å². The first-order valence-electron chi connectivity index (χ1n) is 16.1. The Labute approximate surface area is 336 Å². The van der Waals surface area contributed by atoms with Gasteiger partial charge in [-0.1, -0.05) is 53.8 Å². The van der Waals surface area contributed by atoms with Crippen LogP contribution in [0.5, 0.6) is 5.75 Å². The molecule has 0 aromatic heterocycles. The molecule has 0 bridgehead atoms. The van der Waals surface area contributed by atoms with Gasteiger partial charge in [0.25, 0.3) is 0 Å². The molecule has 1 unspecified atom stereocenters. The average molecular weight is 897 g/mol. The first kappa shape index (κ1) is 45.9. The van der Waals surface area contributed by atoms with E-state index in [9.17, 15) is 24.0 Å². The van der Waals surface area contributed by atoms with E-state index in [4.69, 9.17) is 28.4 Å². The molecule has 2 aromatic carbocycles. The number of amides is 2. The minimum atomic E-state index is -1.35. The number of thioether (sulfide) groups is 1. The van der Waals surface area contributed by atoms with E-state index >= 15 is 0 Å². The van der Waals surface area contributed by atoms with E-state index in [0.29, 0.717) is 12.3 Å². The summed E-state index contributed by atoms with van der Waals surface area (Å²) in [4.78, 5) is 63.1. The number of carbonyl (C=O) groups is 5. The summed E-state index contributed by atoms with van der Waals surface area (Å²) >= 11 is 3.59. The zero-order chi connectivity index (χ0) is 40.5. The van der Waals surface area contributed by atoms with Crippen molar-refractivity contribution < 1.29 is 52.4 Å². The molecule has 0 heterocycles. The average Bonchev–Trinajstić information content (AvgIpc) is 3.13. The van der Waals surface area contributed by atoms with Crippen LogP contribution in [-0.2, 0) is 38.1 Å². The second-order valence-electron chi connectivity index (χ2n) is 12.7. The SMILES string of the molecule is C=CC(=O)OCC(C)(COC(=O)C=C)NC(=O)Oc1ccc(SI)c(-c2ccc(NC(=O)OCC(C)(COCC(=C)C)COC(=O)C(=C)C)cc2SC)c1. The Balaban J connectivity index is 2.24. The van der Waals surface area contributed by atoms with Gasteiger partial charge in [0, 0.05) is 60.0 Å². The number of ether oxygens (including phenoxy) is 6. The van der Waals surface area contributed by atoms with Gasteiger partial charge in [-0.25, -0.2) is 24.0 Å². The van der Waals surface area contributed by atoms with E-state index < -0.39 is 41.0 Å². The van der Waals surface area contributed by atoms with Gasteiger partial charge in [0.2, 0.25) is 0 Å². The van der Waals surface area contributed by atoms with E-state index in [-0.39, 0.29) is 44.4 Å². The highest BCUT2D eigenvalue weighted by Gasteiger charge is 2.32. The fraction of sp³-hybridized carbons (Fsp3) is 0.342. The Morgan fingerprint density at radius 1 is 0.796 bits per heavy atom. The second-order valence-corrected chi connectivity index (χ2v) is 15.4. The standard InChI is InChI=1S/C38H45IN2O11S2/c1-10-32(42)48-22-38(8,23-49-33(43)11-2)41-36(46)52-27-13-15-30(54-39)29(17-27)28-14-12-26(16-31(28)53-9)40-35(45)51-21-37(7,19-47-18-24(3)4)20-50-34(44)25(5)6/h10-17H,1-3,5,18-23H2,4,6-9H3,(H,40,45)(H,41,46). The van der Waals surface area contributed by atoms with Gasteiger partial charge in [-0.05, 0) is 62.9 Å². The van der Waals surface area contributed by atoms with Crippen LogP contribution in [0.25, 0.3) is 11.1 Å². The molecular formula is C38H45IN2O11S2. The third-order valence-electron chi connectivity index (χ3n) is 7.04. The molecule has 0 radical (unpaired) electrons. The van der Waals surface area contributed by atoms with Crippen LogP contribution in [0.3, 0.4) is 0 Å². The van der Waals surface area contributed by atoms with Gasteiger partial charge in [0.1, 0.15) is 37.7 Å². The summed E-state index contributed by atoms with van der Waals surface area (Å²) in [5, 5.41) is 5.35. The molecular weight excluding hydrogens is 851 g/mol. The molecule has 0 spiro atoms. The molecule has 2 amide bonds. The van der Waals surface area contributed by atoms with E-state index in [1.165, 1.54) is 27.6 Å². The summed E-state index contributed by atoms with van der Waals surface area (Å²) in [5.41, 5.74) is 0.867. The molecule has 13 nitrogen and oxygen atoms in total. The van der Waals surface area contributed by atoms with Crippen LogP contribution in [-0.4, -0.2) is 81.5 Å². The fourth-order valence-corrected chi connectivity index (χ4v) is 6.43. The van der Waals surface area contributed by atoms with Crippen molar-refractivity contribution >= 4 is 77.7 Å². The van der Waals surface area contributed by atoms with Crippen molar-refractivity contribution in [2.75, 3.05) is 51.2 Å². The van der Waals surface area contributed by atoms with Gasteiger partial charge in [-0.15, -0.1) is 11.8 Å². The number of hydrogen-bond acceptors (Lipinski definition) is 13. The van der Waals surface area contributed by atoms with Crippen LogP contribution in [0.15, 0.2) is 95.8 Å². The van der Waals surface area contributed by atoms with Gasteiger partial charge in [0.05, 0.1) is 18.6 Å². The van der Waals surface area contributed by atoms with E-state index in [0.717, 1.165) is 38.6 Å². The number of anilines is 1. The molecule has 2 aromatic rings. The number of rotatable bonds is 21. The monoisotopic (exact) mass is 896 g/mol. The molecule has 0 aliphatic carbocycles. The zero-order valence-electron chi connectivity index (χ0n) is 30.9. The van der Waals surface area contributed by atoms with Crippen LogP contribution in [0.2, 0.25) is 0 Å². The molecule has 0 saturated carbocycles. The second kappa shape index (κ2) is 22.2. The quantitative estimate of drug-likeness (QED) is 0.0309. The van der Waals surface area contributed by atoms with Crippen molar-refractivity contribution in [2.45, 2.75) is 43.0 Å². The molecule has 0 aliphatic rings. The van der Waals surface area contributed by atoms with Crippen LogP contribution >= 0.6 is 41.9 Å². The van der Waals surface area contributed by atoms with Gasteiger partial charge in [-0.3, -0.25) is 5.32 Å². The highest BCUT2D eigenvalue weighted by atomic mass is 127. The molecule has 2 N–H and O–H groups in total. The zero-order valence-corrected chi connectivity index (χ0v) is 34.7. The number of nitrogens with one attached hydrogen (secondary N) is 2. The third-order valence-corrected chi connectivity index (χ3v) is 9.76. The molecule has 54 heavy (non-hydrogen) atoms. The van der Waals surface area contributed by atoms with E-state index in [1.807, 2.05) is 19.2 Å². The minimum Gasteiger partial charge on any atom is -0.462 e. The number of esters is 3. The summed E-state index contributed by atoms with van der Waals surface area (Å²) in [6.45, 7) is 20.3. The van der Waals surface area contributed by atoms with Gasteiger partial charge in [0.15, 0.2) is 0 Å². The molecule has 1 atom stereocenters. The normalized spacial score (nSPS) is 11.9. The maximum Gasteiger partial charge on any atom is 0.413 e. The van der Waals surface area contributed by atoms with Crippen molar-refractivity contribution in [2.24, 2.45) is 5.41 Å². The number of benzene rings is 2. The smallest absolute Gasteiger partial charge is 0.413 e. The maximum absolute atomic E-state index is 13.1. The van der Waals surface area contributed by atoms with Crippen LogP contribution in [0.4, 0.5) is 15.3 Å². The first-order chi connectivity index (χ1) is 25.5. The molecule has 292 valence electrons. The highest BCUT2D eigenvalue weighted by Crippen LogP contribution is 2.42. The lowest BCUT2D eigenvalue weighted by atomic mass is 9.94. The summed E-state index contributed by atoms with van der Waals surface area (Å²) < 4.78 is 32.4. The molecule has 0 saturated heterocycles. The van der Waals surface area contributed by atoms with Gasteiger partial charge < -0.3 is 33.7 Å². The predicted octanol–water partition coefficient (Wildman–Crippen LogP) is 8.09. The van der Waals surface area contributed by atoms with Crippen LogP contribution in [0, 0.1) is 5.41 Å². The largest absolute Gasteiger partial charge is 0.462 e. The number of halogens is 1. The molecule has 0 fully saturated rings. The molecule has 16 heteroatoms. The summed E-state index contributed by atoms with van der Waals surface area (Å²) in [6, 6.07) is 10.4. The summed E-state index contributed by atoms with van der Waals surface area (Å²) in [6.07, 6.45) is 2.20. The Morgan fingerprint density at radius 3 is 1.98 bits per heavy atom. The van der Waals surface area contributed by atoms with Crippen molar-refractivity contribution in [3.8, 4) is 16.9 Å². The van der Waals surface area contributed by atoms with Gasteiger partial charge >= 0.3 is 30.1 Å². The summed E-state index contributed by atoms with van der Waals surface area (Å²) in [5.74, 6) is -1.82. The van der Waals surface area contributed by atoms with Crippen molar-refractivity contribution in [3.63, 3.8) is 0 Å². The summed E-state index contributed by atoms with van der Waals surface area (Å²) in [7, 11) is 1.46. The molecule has 2 rings (SSSR count). The topological polar surface area (TPSA) is 165 Å². The lowest BCUT2D eigenvalue weighted by molar-refractivity contribution is -0.145. The lowest BCUT2D eigenvalue weighted by Gasteiger charge is -2.29. The number of carbonyl (C=O) groups excluding carboxylic acids is 5. The number of hydrogen-bond donors (Lipinski definition) is 2. The Bertz CT molecular complexity index is 1730. The molecule has 0 aliphatic heterocycles. The Hall–Kier alpha value is -4.26. The Kier molecular flexibility index (Phi) is 18.9. The van der Waals surface area contributed by atoms with Crippen molar-refractivity contribution in [1.29, 1.82) is 0 Å². The third kappa shape index (κ3) is 15.6. The van der Waals surface area contributed by atoms with E-state index in [2.05, 4.69) is 58.2 Å². The van der Waals surface area contributed by atoms with Crippen molar-refractivity contribution in [3.05, 3.63) is 86.0 Å². The lowest BCUT2D eigenvalue weighted by Crippen LogP contribution is -2.54.